The number of rotatable bonds is 2. The van der Waals surface area contributed by atoms with Gasteiger partial charge in [-0.15, -0.1) is 0 Å². The first-order valence-electron chi connectivity index (χ1n) is 6.39. The Hall–Kier alpha value is -0.320. The van der Waals surface area contributed by atoms with E-state index in [4.69, 9.17) is 18.9 Å². The summed E-state index contributed by atoms with van der Waals surface area (Å²) in [6, 6.07) is 0. The van der Waals surface area contributed by atoms with Crippen LogP contribution in [0.15, 0.2) is 0 Å². The van der Waals surface area contributed by atoms with Gasteiger partial charge in [0.1, 0.15) is 36.6 Å². The van der Waals surface area contributed by atoms with Crippen molar-refractivity contribution in [1.82, 2.24) is 0 Å². The highest BCUT2D eigenvalue weighted by Crippen LogP contribution is 2.43. The highest BCUT2D eigenvalue weighted by molar-refractivity contribution is 5.05. The van der Waals surface area contributed by atoms with Crippen LogP contribution in [-0.4, -0.2) is 82.8 Å². The smallest absolute Gasteiger partial charge is 0.220 e. The first kappa shape index (κ1) is 16.1. The maximum atomic E-state index is 10.0. The van der Waals surface area contributed by atoms with Crippen LogP contribution in [0.2, 0.25) is 0 Å². The molecule has 0 radical (unpaired) electrons. The molecule has 1 saturated carbocycles. The van der Waals surface area contributed by atoms with Crippen molar-refractivity contribution in [3.63, 3.8) is 0 Å². The van der Waals surface area contributed by atoms with Crippen LogP contribution in [0.1, 0.15) is 13.8 Å². The van der Waals surface area contributed by atoms with Crippen molar-refractivity contribution < 1.29 is 39.4 Å². The number of hydrogen-bond acceptors (Lipinski definition) is 8. The van der Waals surface area contributed by atoms with E-state index >= 15 is 0 Å². The molecule has 0 aromatic carbocycles. The second-order valence-corrected chi connectivity index (χ2v) is 5.43. The van der Waals surface area contributed by atoms with Crippen molar-refractivity contribution in [3.8, 4) is 0 Å². The first-order chi connectivity index (χ1) is 9.20. The van der Waals surface area contributed by atoms with Crippen LogP contribution in [0.25, 0.3) is 0 Å². The molecule has 2 rings (SSSR count). The monoisotopic (exact) mass is 294 g/mol. The topological polar surface area (TPSA) is 118 Å². The molecular weight excluding hydrogens is 272 g/mol. The normalized spacial score (nSPS) is 56.4. The number of hydrogen-bond donors (Lipinski definition) is 4. The molecule has 0 bridgehead atoms. The summed E-state index contributed by atoms with van der Waals surface area (Å²) in [6.45, 7) is 3.12. The lowest BCUT2D eigenvalue weighted by atomic mass is 9.83. The van der Waals surface area contributed by atoms with Crippen molar-refractivity contribution >= 4 is 0 Å². The molecular formula is C12H22O8. The predicted octanol–water partition coefficient (Wildman–Crippen LogP) is -2.05. The second kappa shape index (κ2) is 5.15. The van der Waals surface area contributed by atoms with E-state index < -0.39 is 48.2 Å². The zero-order valence-electron chi connectivity index (χ0n) is 11.9. The van der Waals surface area contributed by atoms with Gasteiger partial charge in [-0.05, 0) is 13.8 Å². The Balaban J connectivity index is 2.35. The minimum absolute atomic E-state index is 1.06. The lowest BCUT2D eigenvalue weighted by molar-refractivity contribution is -0.470. The molecule has 8 atom stereocenters. The van der Waals surface area contributed by atoms with Gasteiger partial charge < -0.3 is 39.4 Å². The second-order valence-electron chi connectivity index (χ2n) is 5.43. The lowest BCUT2D eigenvalue weighted by Crippen LogP contribution is -2.74. The molecule has 20 heavy (non-hydrogen) atoms. The van der Waals surface area contributed by atoms with Crippen LogP contribution in [0, 0.1) is 0 Å². The van der Waals surface area contributed by atoms with E-state index in [1.165, 1.54) is 14.2 Å². The summed E-state index contributed by atoms with van der Waals surface area (Å²) in [6.07, 6.45) is -8.04. The van der Waals surface area contributed by atoms with Crippen LogP contribution < -0.4 is 0 Å². The van der Waals surface area contributed by atoms with Gasteiger partial charge in [0.2, 0.25) is 11.6 Å². The van der Waals surface area contributed by atoms with E-state index in [1.54, 1.807) is 13.8 Å². The molecule has 0 aromatic rings. The fourth-order valence-corrected chi connectivity index (χ4v) is 2.66. The van der Waals surface area contributed by atoms with Gasteiger partial charge in [0, 0.05) is 14.2 Å². The number of methoxy groups -OCH3 is 2. The minimum atomic E-state index is -1.54. The fourth-order valence-electron chi connectivity index (χ4n) is 2.66. The molecule has 0 spiro atoms. The van der Waals surface area contributed by atoms with Crippen molar-refractivity contribution in [3.05, 3.63) is 0 Å². The number of ether oxygens (including phenoxy) is 4. The van der Waals surface area contributed by atoms with Crippen molar-refractivity contribution in [2.45, 2.75) is 62.0 Å². The quantitative estimate of drug-likeness (QED) is 0.460. The third kappa shape index (κ3) is 2.08. The van der Waals surface area contributed by atoms with Crippen LogP contribution in [0.3, 0.4) is 0 Å². The van der Waals surface area contributed by atoms with E-state index in [2.05, 4.69) is 0 Å². The maximum Gasteiger partial charge on any atom is 0.220 e. The number of aliphatic hydroxyl groups is 4. The highest BCUT2D eigenvalue weighted by atomic mass is 16.8. The molecule has 2 aliphatic rings. The van der Waals surface area contributed by atoms with E-state index in [0.29, 0.717) is 0 Å². The van der Waals surface area contributed by atoms with Gasteiger partial charge in [-0.3, -0.25) is 0 Å². The van der Waals surface area contributed by atoms with Crippen molar-refractivity contribution in [1.29, 1.82) is 0 Å². The summed E-state index contributed by atoms with van der Waals surface area (Å²) >= 11 is 0. The fraction of sp³-hybridized carbons (Fsp3) is 1.00. The van der Waals surface area contributed by atoms with Crippen molar-refractivity contribution in [2.75, 3.05) is 14.2 Å². The van der Waals surface area contributed by atoms with E-state index in [0.717, 1.165) is 0 Å². The molecule has 2 fully saturated rings. The Morgan fingerprint density at radius 1 is 0.700 bits per heavy atom. The third-order valence-electron chi connectivity index (χ3n) is 4.37. The lowest BCUT2D eigenvalue weighted by Gasteiger charge is -2.56. The Labute approximate surface area is 116 Å². The van der Waals surface area contributed by atoms with Gasteiger partial charge in [-0.25, -0.2) is 0 Å². The van der Waals surface area contributed by atoms with E-state index in [-0.39, 0.29) is 0 Å². The van der Waals surface area contributed by atoms with Gasteiger partial charge in [0.15, 0.2) is 0 Å². The minimum Gasteiger partial charge on any atom is -0.387 e. The largest absolute Gasteiger partial charge is 0.387 e. The molecule has 118 valence electrons. The molecule has 4 N–H and O–H groups in total. The number of aliphatic hydroxyl groups excluding tert-OH is 4. The van der Waals surface area contributed by atoms with E-state index in [1.807, 2.05) is 0 Å². The molecule has 0 amide bonds. The Morgan fingerprint density at radius 2 is 1.00 bits per heavy atom. The molecule has 1 aliphatic carbocycles. The molecule has 1 aliphatic heterocycles. The van der Waals surface area contributed by atoms with Crippen LogP contribution >= 0.6 is 0 Å². The molecule has 8 nitrogen and oxygen atoms in total. The van der Waals surface area contributed by atoms with Gasteiger partial charge >= 0.3 is 0 Å². The molecule has 2 unspecified atom stereocenters. The average molecular weight is 294 g/mol. The zero-order chi connectivity index (χ0) is 15.3. The van der Waals surface area contributed by atoms with Gasteiger partial charge in [-0.2, -0.15) is 0 Å². The predicted molar refractivity (Wildman–Crippen MR) is 64.6 cm³/mol. The van der Waals surface area contributed by atoms with Crippen LogP contribution in [-0.2, 0) is 18.9 Å². The Morgan fingerprint density at radius 3 is 1.25 bits per heavy atom. The highest BCUT2D eigenvalue weighted by Gasteiger charge is 2.63. The standard InChI is InChI=1S/C12H22O8/c1-11(17-3)12(2,18-4)20-10-8(16)6(14)5(13)7(15)9(10)19-11/h5-10,13-16H,1-4H3/t5-,6+,7+,8-,9-,10-,11?,12?/m0/s1. The summed E-state index contributed by atoms with van der Waals surface area (Å²) in [5.41, 5.74) is 0. The summed E-state index contributed by atoms with van der Waals surface area (Å²) in [7, 11) is 2.77. The SMILES string of the molecule is COC1(C)O[C@H]2[C@H](O)[C@@H](O)[C@@H](O)[C@H](O)[C@@H]2OC1(C)OC. The average Bonchev–Trinajstić information content (AvgIpc) is 2.45. The summed E-state index contributed by atoms with van der Waals surface area (Å²) in [5.74, 6) is -2.71. The molecule has 1 saturated heterocycles. The van der Waals surface area contributed by atoms with Gasteiger partial charge in [0.05, 0.1) is 0 Å². The Kier molecular flexibility index (Phi) is 4.13. The van der Waals surface area contributed by atoms with Gasteiger partial charge in [-0.1, -0.05) is 0 Å². The summed E-state index contributed by atoms with van der Waals surface area (Å²) in [5, 5.41) is 39.5. The molecule has 8 heteroatoms. The number of fused-ring (bicyclic) bond motifs is 1. The molecule has 1 heterocycles. The third-order valence-corrected chi connectivity index (χ3v) is 4.37. The first-order valence-corrected chi connectivity index (χ1v) is 6.39. The Bertz CT molecular complexity index is 331. The van der Waals surface area contributed by atoms with Gasteiger partial charge in [0.25, 0.3) is 0 Å². The summed E-state index contributed by atoms with van der Waals surface area (Å²) < 4.78 is 21.9. The maximum absolute atomic E-state index is 10.0. The van der Waals surface area contributed by atoms with Crippen LogP contribution in [0.5, 0.6) is 0 Å². The zero-order valence-corrected chi connectivity index (χ0v) is 11.9. The van der Waals surface area contributed by atoms with E-state index in [9.17, 15) is 20.4 Å². The van der Waals surface area contributed by atoms with Crippen LogP contribution in [0.4, 0.5) is 0 Å². The summed E-state index contributed by atoms with van der Waals surface area (Å²) in [4.78, 5) is 0. The van der Waals surface area contributed by atoms with Crippen molar-refractivity contribution in [2.24, 2.45) is 0 Å². The molecule has 0 aromatic heterocycles.